The molecule has 1 aromatic carbocycles. The van der Waals surface area contributed by atoms with Crippen molar-refractivity contribution in [2.75, 3.05) is 13.1 Å². The Bertz CT molecular complexity index is 656. The van der Waals surface area contributed by atoms with Gasteiger partial charge in [-0.25, -0.2) is 0 Å². The minimum absolute atomic E-state index is 0.119. The quantitative estimate of drug-likeness (QED) is 0.830. The fourth-order valence-corrected chi connectivity index (χ4v) is 1.90. The molecule has 106 valence electrons. The van der Waals surface area contributed by atoms with Crippen molar-refractivity contribution in [2.24, 2.45) is 5.73 Å². The Morgan fingerprint density at radius 2 is 1.95 bits per heavy atom. The van der Waals surface area contributed by atoms with Crippen molar-refractivity contribution in [3.05, 3.63) is 65.5 Å². The van der Waals surface area contributed by atoms with Crippen LogP contribution < -0.4 is 11.1 Å². The number of amides is 1. The van der Waals surface area contributed by atoms with E-state index in [1.54, 1.807) is 18.5 Å². The number of nitrogens with zero attached hydrogens (tertiary/aromatic N) is 1. The summed E-state index contributed by atoms with van der Waals surface area (Å²) in [6, 6.07) is 11.1. The number of nitrogens with two attached hydrogens (primary N) is 1. The van der Waals surface area contributed by atoms with Crippen LogP contribution in [0.4, 0.5) is 0 Å². The van der Waals surface area contributed by atoms with Crippen LogP contribution in [0.5, 0.6) is 0 Å². The smallest absolute Gasteiger partial charge is 0.252 e. The second-order valence-electron chi connectivity index (χ2n) is 4.41. The lowest BCUT2D eigenvalue weighted by molar-refractivity contribution is 0.0954. The van der Waals surface area contributed by atoms with Crippen LogP contribution in [0.15, 0.2) is 48.8 Å². The highest BCUT2D eigenvalue weighted by Gasteiger charge is 2.08. The van der Waals surface area contributed by atoms with Gasteiger partial charge in [-0.05, 0) is 36.2 Å². The monoisotopic (exact) mass is 279 g/mol. The van der Waals surface area contributed by atoms with Gasteiger partial charge in [0.15, 0.2) is 0 Å². The van der Waals surface area contributed by atoms with E-state index >= 15 is 0 Å². The minimum Gasteiger partial charge on any atom is -0.352 e. The molecular weight excluding hydrogens is 262 g/mol. The summed E-state index contributed by atoms with van der Waals surface area (Å²) in [7, 11) is 0. The molecule has 2 aromatic rings. The highest BCUT2D eigenvalue weighted by atomic mass is 16.1. The fourth-order valence-electron chi connectivity index (χ4n) is 1.90. The average molecular weight is 279 g/mol. The van der Waals surface area contributed by atoms with E-state index in [1.165, 1.54) is 0 Å². The lowest BCUT2D eigenvalue weighted by Crippen LogP contribution is -2.26. The second-order valence-corrected chi connectivity index (χ2v) is 4.41. The van der Waals surface area contributed by atoms with Crippen LogP contribution in [0, 0.1) is 11.8 Å². The summed E-state index contributed by atoms with van der Waals surface area (Å²) in [4.78, 5) is 16.2. The lowest BCUT2D eigenvalue weighted by atomic mass is 10.1. The summed E-state index contributed by atoms with van der Waals surface area (Å²) in [5.41, 5.74) is 7.78. The summed E-state index contributed by atoms with van der Waals surface area (Å²) in [5, 5.41) is 2.91. The molecule has 1 aromatic heterocycles. The van der Waals surface area contributed by atoms with Crippen LogP contribution in [0.1, 0.15) is 21.5 Å². The third-order valence-corrected chi connectivity index (χ3v) is 2.95. The largest absolute Gasteiger partial charge is 0.352 e. The second kappa shape index (κ2) is 7.83. The molecule has 21 heavy (non-hydrogen) atoms. The first-order chi connectivity index (χ1) is 10.3. The number of pyridine rings is 1. The molecule has 0 atom stereocenters. The summed E-state index contributed by atoms with van der Waals surface area (Å²) in [5.74, 6) is 5.57. The van der Waals surface area contributed by atoms with Crippen molar-refractivity contribution in [1.82, 2.24) is 10.3 Å². The first kappa shape index (κ1) is 14.8. The number of hydrogen-bond donors (Lipinski definition) is 2. The van der Waals surface area contributed by atoms with Gasteiger partial charge in [0, 0.05) is 24.5 Å². The molecule has 0 saturated carbocycles. The first-order valence-corrected chi connectivity index (χ1v) is 6.76. The number of carbonyl (C=O) groups is 1. The van der Waals surface area contributed by atoms with E-state index in [0.717, 1.165) is 12.0 Å². The molecule has 0 radical (unpaired) electrons. The maximum Gasteiger partial charge on any atom is 0.252 e. The van der Waals surface area contributed by atoms with Crippen molar-refractivity contribution in [3.8, 4) is 11.8 Å². The molecular formula is C17H17N3O. The Labute approximate surface area is 124 Å². The number of benzene rings is 1. The summed E-state index contributed by atoms with van der Waals surface area (Å²) in [6.45, 7) is 0.847. The number of nitrogens with one attached hydrogen (secondary N) is 1. The first-order valence-electron chi connectivity index (χ1n) is 6.76. The van der Waals surface area contributed by atoms with Crippen molar-refractivity contribution in [3.63, 3.8) is 0 Å². The highest BCUT2D eigenvalue weighted by Crippen LogP contribution is 2.07. The summed E-state index contributed by atoms with van der Waals surface area (Å²) >= 11 is 0. The zero-order valence-corrected chi connectivity index (χ0v) is 11.7. The lowest BCUT2D eigenvalue weighted by Gasteiger charge is -2.07. The van der Waals surface area contributed by atoms with Crippen molar-refractivity contribution in [1.29, 1.82) is 0 Å². The van der Waals surface area contributed by atoms with Crippen LogP contribution in [0.25, 0.3) is 0 Å². The van der Waals surface area contributed by atoms with Gasteiger partial charge in [0.2, 0.25) is 0 Å². The Kier molecular flexibility index (Phi) is 5.50. The molecule has 1 amide bonds. The molecule has 4 nitrogen and oxygen atoms in total. The zero-order chi connectivity index (χ0) is 14.9. The van der Waals surface area contributed by atoms with Gasteiger partial charge in [-0.1, -0.05) is 24.0 Å². The maximum absolute atomic E-state index is 12.2. The minimum atomic E-state index is -0.119. The number of hydrogen-bond acceptors (Lipinski definition) is 3. The van der Waals surface area contributed by atoms with E-state index in [9.17, 15) is 4.79 Å². The standard InChI is InChI=1S/C17H17N3O/c18-10-3-5-15-4-1-2-6-16(15)17(21)20-13-9-14-7-11-19-12-8-14/h1-2,4,6-8,11-12H,9-10,13,18H2,(H,20,21). The molecule has 2 rings (SSSR count). The van der Waals surface area contributed by atoms with Gasteiger partial charge in [-0.15, -0.1) is 0 Å². The van der Waals surface area contributed by atoms with Gasteiger partial charge >= 0.3 is 0 Å². The SMILES string of the molecule is NCC#Cc1ccccc1C(=O)NCCc1ccncc1. The summed E-state index contributed by atoms with van der Waals surface area (Å²) < 4.78 is 0. The molecule has 0 aliphatic carbocycles. The number of aromatic nitrogens is 1. The summed E-state index contributed by atoms with van der Waals surface area (Å²) in [6.07, 6.45) is 4.26. The predicted molar refractivity (Wildman–Crippen MR) is 82.6 cm³/mol. The molecule has 4 heteroatoms. The van der Waals surface area contributed by atoms with Gasteiger partial charge in [-0.2, -0.15) is 0 Å². The van der Waals surface area contributed by atoms with Crippen LogP contribution in [-0.2, 0) is 6.42 Å². The van der Waals surface area contributed by atoms with Crippen molar-refractivity contribution in [2.45, 2.75) is 6.42 Å². The molecule has 3 N–H and O–H groups in total. The molecule has 0 fully saturated rings. The van der Waals surface area contributed by atoms with E-state index in [1.807, 2.05) is 30.3 Å². The van der Waals surface area contributed by atoms with Crippen molar-refractivity contribution < 1.29 is 4.79 Å². The molecule has 0 spiro atoms. The van der Waals surface area contributed by atoms with Crippen LogP contribution in [0.2, 0.25) is 0 Å². The maximum atomic E-state index is 12.2. The highest BCUT2D eigenvalue weighted by molar-refractivity contribution is 5.96. The fraction of sp³-hybridized carbons (Fsp3) is 0.176. The van der Waals surface area contributed by atoms with E-state index in [4.69, 9.17) is 5.73 Å². The van der Waals surface area contributed by atoms with Crippen LogP contribution in [-0.4, -0.2) is 24.0 Å². The molecule has 0 aliphatic heterocycles. The molecule has 0 bridgehead atoms. The van der Waals surface area contributed by atoms with E-state index in [2.05, 4.69) is 22.1 Å². The predicted octanol–water partition coefficient (Wildman–Crippen LogP) is 1.36. The average Bonchev–Trinajstić information content (AvgIpc) is 2.54. The Morgan fingerprint density at radius 3 is 2.71 bits per heavy atom. The third kappa shape index (κ3) is 4.44. The molecule has 0 unspecified atom stereocenters. The normalized spacial score (nSPS) is 9.57. The Balaban J connectivity index is 1.97. The Hall–Kier alpha value is -2.64. The van der Waals surface area contributed by atoms with Gasteiger partial charge in [-0.3, -0.25) is 9.78 Å². The third-order valence-electron chi connectivity index (χ3n) is 2.95. The Morgan fingerprint density at radius 1 is 1.19 bits per heavy atom. The van der Waals surface area contributed by atoms with E-state index in [0.29, 0.717) is 17.7 Å². The topological polar surface area (TPSA) is 68.0 Å². The van der Waals surface area contributed by atoms with Crippen LogP contribution in [0.3, 0.4) is 0 Å². The molecule has 0 aliphatic rings. The number of rotatable bonds is 4. The molecule has 1 heterocycles. The van der Waals surface area contributed by atoms with Gasteiger partial charge in [0.25, 0.3) is 5.91 Å². The van der Waals surface area contributed by atoms with E-state index < -0.39 is 0 Å². The van der Waals surface area contributed by atoms with Gasteiger partial charge in [0.1, 0.15) is 0 Å². The van der Waals surface area contributed by atoms with Crippen molar-refractivity contribution >= 4 is 5.91 Å². The number of carbonyl (C=O) groups excluding carboxylic acids is 1. The van der Waals surface area contributed by atoms with Crippen LogP contribution >= 0.6 is 0 Å². The van der Waals surface area contributed by atoms with Gasteiger partial charge < -0.3 is 11.1 Å². The van der Waals surface area contributed by atoms with Gasteiger partial charge in [0.05, 0.1) is 12.1 Å². The zero-order valence-electron chi connectivity index (χ0n) is 11.7. The van der Waals surface area contributed by atoms with E-state index in [-0.39, 0.29) is 12.5 Å². The molecule has 0 saturated heterocycles.